The maximum absolute atomic E-state index is 4.12. The summed E-state index contributed by atoms with van der Waals surface area (Å²) in [4.78, 5) is 0. The SMILES string of the molecule is C[C@H]1CC[C@H](c2cccc3[nH]ncc23)NC1. The quantitative estimate of drug-likeness (QED) is 0.767. The fourth-order valence-corrected chi connectivity index (χ4v) is 2.56. The third-order valence-electron chi connectivity index (χ3n) is 3.55. The van der Waals surface area contributed by atoms with Crippen LogP contribution in [0.25, 0.3) is 10.9 Å². The molecule has 1 aliphatic rings. The highest BCUT2D eigenvalue weighted by Crippen LogP contribution is 2.29. The first-order chi connectivity index (χ1) is 7.84. The van der Waals surface area contributed by atoms with Crippen LogP contribution >= 0.6 is 0 Å². The fraction of sp³-hybridized carbons (Fsp3) is 0.462. The van der Waals surface area contributed by atoms with E-state index in [4.69, 9.17) is 0 Å². The molecule has 0 spiro atoms. The maximum atomic E-state index is 4.12. The molecule has 0 saturated carbocycles. The first-order valence-electron chi connectivity index (χ1n) is 6.00. The molecule has 1 aromatic carbocycles. The van der Waals surface area contributed by atoms with Crippen LogP contribution in [0.15, 0.2) is 24.4 Å². The van der Waals surface area contributed by atoms with Gasteiger partial charge in [-0.3, -0.25) is 5.10 Å². The molecule has 0 bridgehead atoms. The van der Waals surface area contributed by atoms with Crippen LogP contribution in [0, 0.1) is 5.92 Å². The van der Waals surface area contributed by atoms with E-state index < -0.39 is 0 Å². The number of nitrogens with zero attached hydrogens (tertiary/aromatic N) is 1. The van der Waals surface area contributed by atoms with Gasteiger partial charge in [0.25, 0.3) is 0 Å². The minimum atomic E-state index is 0.498. The number of rotatable bonds is 1. The topological polar surface area (TPSA) is 40.7 Å². The van der Waals surface area contributed by atoms with E-state index in [0.29, 0.717) is 6.04 Å². The van der Waals surface area contributed by atoms with Crippen molar-refractivity contribution in [2.45, 2.75) is 25.8 Å². The largest absolute Gasteiger partial charge is 0.310 e. The second-order valence-electron chi connectivity index (χ2n) is 4.82. The summed E-state index contributed by atoms with van der Waals surface area (Å²) < 4.78 is 0. The van der Waals surface area contributed by atoms with Crippen molar-refractivity contribution < 1.29 is 0 Å². The molecule has 0 radical (unpaired) electrons. The van der Waals surface area contributed by atoms with Gasteiger partial charge < -0.3 is 5.32 Å². The Morgan fingerprint density at radius 3 is 3.06 bits per heavy atom. The summed E-state index contributed by atoms with van der Waals surface area (Å²) in [5, 5.41) is 12.0. The van der Waals surface area contributed by atoms with Gasteiger partial charge in [0, 0.05) is 11.4 Å². The van der Waals surface area contributed by atoms with Gasteiger partial charge in [0.2, 0.25) is 0 Å². The van der Waals surface area contributed by atoms with Crippen molar-refractivity contribution in [3.05, 3.63) is 30.0 Å². The lowest BCUT2D eigenvalue weighted by molar-refractivity contribution is 0.334. The molecule has 2 aromatic rings. The first-order valence-corrected chi connectivity index (χ1v) is 6.00. The molecule has 2 heterocycles. The van der Waals surface area contributed by atoms with Gasteiger partial charge in [0.15, 0.2) is 0 Å². The van der Waals surface area contributed by atoms with Gasteiger partial charge in [0.05, 0.1) is 11.7 Å². The highest BCUT2D eigenvalue weighted by Gasteiger charge is 2.20. The van der Waals surface area contributed by atoms with Crippen LogP contribution in [0.1, 0.15) is 31.4 Å². The molecule has 2 N–H and O–H groups in total. The van der Waals surface area contributed by atoms with E-state index >= 15 is 0 Å². The van der Waals surface area contributed by atoms with E-state index in [1.807, 2.05) is 6.20 Å². The molecule has 0 unspecified atom stereocenters. The summed E-state index contributed by atoms with van der Waals surface area (Å²) in [5.41, 5.74) is 2.52. The smallest absolute Gasteiger partial charge is 0.0653 e. The minimum Gasteiger partial charge on any atom is -0.310 e. The fourth-order valence-electron chi connectivity index (χ4n) is 2.56. The Kier molecular flexibility index (Phi) is 2.40. The predicted octanol–water partition coefficient (Wildman–Crippen LogP) is 2.62. The average Bonchev–Trinajstić information content (AvgIpc) is 2.78. The van der Waals surface area contributed by atoms with Crippen molar-refractivity contribution in [3.8, 4) is 0 Å². The zero-order valence-electron chi connectivity index (χ0n) is 9.53. The van der Waals surface area contributed by atoms with Gasteiger partial charge in [-0.2, -0.15) is 5.10 Å². The first kappa shape index (κ1) is 9.85. The number of hydrogen-bond acceptors (Lipinski definition) is 2. The number of hydrogen-bond donors (Lipinski definition) is 2. The van der Waals surface area contributed by atoms with Gasteiger partial charge in [-0.15, -0.1) is 0 Å². The monoisotopic (exact) mass is 215 g/mol. The van der Waals surface area contributed by atoms with Crippen LogP contribution in [0.3, 0.4) is 0 Å². The molecule has 16 heavy (non-hydrogen) atoms. The number of nitrogens with one attached hydrogen (secondary N) is 2. The summed E-state index contributed by atoms with van der Waals surface area (Å²) in [5.74, 6) is 0.805. The third-order valence-corrected chi connectivity index (χ3v) is 3.55. The standard InChI is InChI=1S/C13H17N3/c1-9-5-6-12(14-7-9)10-3-2-4-13-11(10)8-15-16-13/h2-4,8-9,12,14H,5-7H2,1H3,(H,15,16)/t9-,12+/m0/s1. The summed E-state index contributed by atoms with van der Waals surface area (Å²) in [6.45, 7) is 3.43. The van der Waals surface area contributed by atoms with Gasteiger partial charge in [-0.25, -0.2) is 0 Å². The Morgan fingerprint density at radius 1 is 1.31 bits per heavy atom. The van der Waals surface area contributed by atoms with Crippen molar-refractivity contribution in [1.29, 1.82) is 0 Å². The van der Waals surface area contributed by atoms with E-state index in [2.05, 4.69) is 40.6 Å². The zero-order valence-corrected chi connectivity index (χ0v) is 9.53. The summed E-state index contributed by atoms with van der Waals surface area (Å²) in [6, 6.07) is 6.90. The molecular weight excluding hydrogens is 198 g/mol. The summed E-state index contributed by atoms with van der Waals surface area (Å²) in [7, 11) is 0. The van der Waals surface area contributed by atoms with Gasteiger partial charge in [-0.05, 0) is 36.9 Å². The molecule has 3 nitrogen and oxygen atoms in total. The molecule has 84 valence electrons. The van der Waals surface area contributed by atoms with Crippen LogP contribution in [-0.4, -0.2) is 16.7 Å². The molecule has 1 aromatic heterocycles. The maximum Gasteiger partial charge on any atom is 0.0653 e. The highest BCUT2D eigenvalue weighted by molar-refractivity contribution is 5.82. The Bertz CT molecular complexity index is 481. The van der Waals surface area contributed by atoms with E-state index in [1.165, 1.54) is 23.8 Å². The molecule has 2 atom stereocenters. The minimum absolute atomic E-state index is 0.498. The molecule has 0 amide bonds. The molecule has 0 aliphatic carbocycles. The molecule has 1 aliphatic heterocycles. The lowest BCUT2D eigenvalue weighted by atomic mass is 9.91. The van der Waals surface area contributed by atoms with Crippen LogP contribution in [0.4, 0.5) is 0 Å². The van der Waals surface area contributed by atoms with Crippen molar-refractivity contribution in [2.75, 3.05) is 6.54 Å². The zero-order chi connectivity index (χ0) is 11.0. The lowest BCUT2D eigenvalue weighted by Gasteiger charge is -2.28. The van der Waals surface area contributed by atoms with Crippen molar-refractivity contribution >= 4 is 10.9 Å². The number of benzene rings is 1. The summed E-state index contributed by atoms with van der Waals surface area (Å²) >= 11 is 0. The lowest BCUT2D eigenvalue weighted by Crippen LogP contribution is -2.31. The molecule has 3 heteroatoms. The van der Waals surface area contributed by atoms with Gasteiger partial charge >= 0.3 is 0 Å². The second kappa shape index (κ2) is 3.91. The van der Waals surface area contributed by atoms with Crippen LogP contribution in [0.5, 0.6) is 0 Å². The van der Waals surface area contributed by atoms with E-state index in [1.54, 1.807) is 0 Å². The van der Waals surface area contributed by atoms with Crippen LogP contribution in [-0.2, 0) is 0 Å². The number of aromatic amines is 1. The highest BCUT2D eigenvalue weighted by atomic mass is 15.1. The van der Waals surface area contributed by atoms with Gasteiger partial charge in [0.1, 0.15) is 0 Å². The van der Waals surface area contributed by atoms with E-state index in [0.717, 1.165) is 18.0 Å². The second-order valence-corrected chi connectivity index (χ2v) is 4.82. The normalized spacial score (nSPS) is 26.1. The molecule has 3 rings (SSSR count). The van der Waals surface area contributed by atoms with Crippen LogP contribution in [0.2, 0.25) is 0 Å². The Labute approximate surface area is 95.2 Å². The predicted molar refractivity (Wildman–Crippen MR) is 65.2 cm³/mol. The Balaban J connectivity index is 1.96. The molecule has 1 saturated heterocycles. The van der Waals surface area contributed by atoms with E-state index in [9.17, 15) is 0 Å². The Hall–Kier alpha value is -1.35. The van der Waals surface area contributed by atoms with Crippen molar-refractivity contribution in [3.63, 3.8) is 0 Å². The molecule has 1 fully saturated rings. The van der Waals surface area contributed by atoms with Crippen LogP contribution < -0.4 is 5.32 Å². The third kappa shape index (κ3) is 1.61. The van der Waals surface area contributed by atoms with E-state index in [-0.39, 0.29) is 0 Å². The molecular formula is C13H17N3. The van der Waals surface area contributed by atoms with Crippen molar-refractivity contribution in [1.82, 2.24) is 15.5 Å². The van der Waals surface area contributed by atoms with Gasteiger partial charge in [-0.1, -0.05) is 19.1 Å². The number of piperidine rings is 1. The summed E-state index contributed by atoms with van der Waals surface area (Å²) in [6.07, 6.45) is 4.47. The average molecular weight is 215 g/mol. The Morgan fingerprint density at radius 2 is 2.25 bits per heavy atom. The number of aromatic nitrogens is 2. The number of H-pyrrole nitrogens is 1. The number of fused-ring (bicyclic) bond motifs is 1. The van der Waals surface area contributed by atoms with Crippen molar-refractivity contribution in [2.24, 2.45) is 5.92 Å².